The molecule has 0 aromatic carbocycles. The van der Waals surface area contributed by atoms with Crippen LogP contribution in [0.2, 0.25) is 0 Å². The van der Waals surface area contributed by atoms with Gasteiger partial charge in [-0.3, -0.25) is 9.80 Å². The van der Waals surface area contributed by atoms with E-state index in [1.807, 2.05) is 0 Å². The fraction of sp³-hybridized carbons (Fsp3) is 0.600. The van der Waals surface area contributed by atoms with Crippen LogP contribution in [0, 0.1) is 0 Å². The molecular formula is C5H10N2O3. The minimum Gasteiger partial charge on any atom is -0.480 e. The zero-order valence-electron chi connectivity index (χ0n) is 5.87. The molecule has 1 atom stereocenters. The molecule has 0 bridgehead atoms. The lowest BCUT2D eigenvalue weighted by atomic mass is 10.3. The van der Waals surface area contributed by atoms with Crippen molar-refractivity contribution in [2.24, 2.45) is 5.84 Å². The van der Waals surface area contributed by atoms with Crippen LogP contribution >= 0.6 is 0 Å². The van der Waals surface area contributed by atoms with E-state index in [2.05, 4.69) is 0 Å². The number of carboxylic acid groups (broad SMARTS) is 1. The number of hydrogen-bond acceptors (Lipinski definition) is 3. The standard InChI is InChI=1S/C5H10N2O3/c1-3(5(9)10)7(6)4(2)8/h3H,6H2,1-2H3,(H,9,10)/t3-/m0/s1. The molecule has 5 nitrogen and oxygen atoms in total. The van der Waals surface area contributed by atoms with Crippen molar-refractivity contribution in [3.63, 3.8) is 0 Å². The van der Waals surface area contributed by atoms with Gasteiger partial charge in [0.15, 0.2) is 0 Å². The summed E-state index contributed by atoms with van der Waals surface area (Å²) in [6.07, 6.45) is 0. The summed E-state index contributed by atoms with van der Waals surface area (Å²) in [5, 5.41) is 9.00. The van der Waals surface area contributed by atoms with Crippen LogP contribution in [-0.2, 0) is 9.59 Å². The van der Waals surface area contributed by atoms with Gasteiger partial charge in [-0.15, -0.1) is 0 Å². The number of amides is 1. The number of carboxylic acids is 1. The highest BCUT2D eigenvalue weighted by Crippen LogP contribution is 1.91. The number of rotatable bonds is 2. The molecule has 5 heteroatoms. The highest BCUT2D eigenvalue weighted by atomic mass is 16.4. The molecule has 0 aromatic rings. The van der Waals surface area contributed by atoms with Crippen molar-refractivity contribution >= 4 is 11.9 Å². The number of nitrogens with two attached hydrogens (primary N) is 1. The predicted octanol–water partition coefficient (Wildman–Crippen LogP) is -0.818. The summed E-state index contributed by atoms with van der Waals surface area (Å²) >= 11 is 0. The molecule has 0 heterocycles. The minimum atomic E-state index is -1.11. The van der Waals surface area contributed by atoms with Gasteiger partial charge in [0, 0.05) is 6.92 Å². The van der Waals surface area contributed by atoms with Gasteiger partial charge in [-0.05, 0) is 6.92 Å². The summed E-state index contributed by atoms with van der Waals surface area (Å²) < 4.78 is 0. The molecule has 0 fully saturated rings. The molecule has 0 saturated heterocycles. The Morgan fingerprint density at radius 2 is 2.00 bits per heavy atom. The fourth-order valence-electron chi connectivity index (χ4n) is 0.392. The van der Waals surface area contributed by atoms with E-state index >= 15 is 0 Å². The molecule has 0 saturated carbocycles. The van der Waals surface area contributed by atoms with Crippen LogP contribution in [0.3, 0.4) is 0 Å². The van der Waals surface area contributed by atoms with Crippen LogP contribution in [0.25, 0.3) is 0 Å². The SMILES string of the molecule is CC(=O)N(N)[C@@H](C)C(=O)O. The number of carbonyl (C=O) groups is 2. The Bertz CT molecular complexity index is 139. The largest absolute Gasteiger partial charge is 0.480 e. The summed E-state index contributed by atoms with van der Waals surface area (Å²) in [6, 6.07) is -0.961. The van der Waals surface area contributed by atoms with Crippen molar-refractivity contribution in [2.75, 3.05) is 0 Å². The summed E-state index contributed by atoms with van der Waals surface area (Å²) in [7, 11) is 0. The Kier molecular flexibility index (Phi) is 2.82. The monoisotopic (exact) mass is 146 g/mol. The van der Waals surface area contributed by atoms with E-state index in [0.717, 1.165) is 0 Å². The van der Waals surface area contributed by atoms with Gasteiger partial charge in [0.05, 0.1) is 0 Å². The molecule has 3 N–H and O–H groups in total. The van der Waals surface area contributed by atoms with Gasteiger partial charge in [-0.1, -0.05) is 0 Å². The predicted molar refractivity (Wildman–Crippen MR) is 33.8 cm³/mol. The molecule has 1 amide bonds. The fourth-order valence-corrected chi connectivity index (χ4v) is 0.392. The quantitative estimate of drug-likeness (QED) is 0.303. The van der Waals surface area contributed by atoms with E-state index in [1.165, 1.54) is 13.8 Å². The van der Waals surface area contributed by atoms with Gasteiger partial charge in [0.1, 0.15) is 6.04 Å². The molecule has 0 unspecified atom stereocenters. The topological polar surface area (TPSA) is 83.6 Å². The lowest BCUT2D eigenvalue weighted by molar-refractivity contribution is -0.148. The second-order valence-electron chi connectivity index (χ2n) is 1.94. The van der Waals surface area contributed by atoms with E-state index in [9.17, 15) is 9.59 Å². The van der Waals surface area contributed by atoms with Crippen LogP contribution < -0.4 is 5.84 Å². The molecule has 0 spiro atoms. The Labute approximate surface area is 58.4 Å². The highest BCUT2D eigenvalue weighted by molar-refractivity contribution is 5.81. The number of nitrogens with zero attached hydrogens (tertiary/aromatic N) is 1. The smallest absolute Gasteiger partial charge is 0.327 e. The Balaban J connectivity index is 4.07. The summed E-state index contributed by atoms with van der Waals surface area (Å²) in [5.74, 6) is 3.49. The zero-order chi connectivity index (χ0) is 8.31. The van der Waals surface area contributed by atoms with Gasteiger partial charge < -0.3 is 5.11 Å². The van der Waals surface area contributed by atoms with E-state index in [0.29, 0.717) is 5.01 Å². The summed E-state index contributed by atoms with van der Waals surface area (Å²) in [6.45, 7) is 2.54. The van der Waals surface area contributed by atoms with Crippen molar-refractivity contribution in [1.82, 2.24) is 5.01 Å². The van der Waals surface area contributed by atoms with Crippen molar-refractivity contribution in [3.8, 4) is 0 Å². The molecule has 0 radical (unpaired) electrons. The number of hydrazine groups is 1. The average molecular weight is 146 g/mol. The van der Waals surface area contributed by atoms with Crippen LogP contribution in [0.15, 0.2) is 0 Å². The molecular weight excluding hydrogens is 136 g/mol. The van der Waals surface area contributed by atoms with Crippen molar-refractivity contribution in [1.29, 1.82) is 0 Å². The number of carbonyl (C=O) groups excluding carboxylic acids is 1. The van der Waals surface area contributed by atoms with Crippen LogP contribution in [0.1, 0.15) is 13.8 Å². The van der Waals surface area contributed by atoms with Gasteiger partial charge >= 0.3 is 5.97 Å². The third-order valence-corrected chi connectivity index (χ3v) is 1.14. The first kappa shape index (κ1) is 8.90. The lowest BCUT2D eigenvalue weighted by Gasteiger charge is -2.18. The van der Waals surface area contributed by atoms with Crippen molar-refractivity contribution in [2.45, 2.75) is 19.9 Å². The van der Waals surface area contributed by atoms with Crippen LogP contribution in [-0.4, -0.2) is 28.0 Å². The van der Waals surface area contributed by atoms with E-state index in [1.54, 1.807) is 0 Å². The third-order valence-electron chi connectivity index (χ3n) is 1.14. The molecule has 0 aliphatic carbocycles. The van der Waals surface area contributed by atoms with Gasteiger partial charge in [-0.2, -0.15) is 0 Å². The maximum atomic E-state index is 10.4. The van der Waals surface area contributed by atoms with Gasteiger partial charge in [0.2, 0.25) is 5.91 Å². The Morgan fingerprint density at radius 1 is 1.60 bits per heavy atom. The molecule has 0 aliphatic heterocycles. The number of hydrogen-bond donors (Lipinski definition) is 2. The molecule has 0 aromatic heterocycles. The van der Waals surface area contributed by atoms with Gasteiger partial charge in [0.25, 0.3) is 0 Å². The minimum absolute atomic E-state index is 0.463. The first-order chi connectivity index (χ1) is 4.46. The maximum absolute atomic E-state index is 10.4. The van der Waals surface area contributed by atoms with Crippen molar-refractivity contribution < 1.29 is 14.7 Å². The maximum Gasteiger partial charge on any atom is 0.327 e. The third kappa shape index (κ3) is 2.02. The van der Waals surface area contributed by atoms with E-state index < -0.39 is 17.9 Å². The van der Waals surface area contributed by atoms with E-state index in [4.69, 9.17) is 10.9 Å². The Morgan fingerprint density at radius 3 is 2.10 bits per heavy atom. The highest BCUT2D eigenvalue weighted by Gasteiger charge is 2.18. The lowest BCUT2D eigenvalue weighted by Crippen LogP contribution is -2.46. The summed E-state index contributed by atoms with van der Waals surface area (Å²) in [5.41, 5.74) is 0. The first-order valence-electron chi connectivity index (χ1n) is 2.74. The summed E-state index contributed by atoms with van der Waals surface area (Å²) in [4.78, 5) is 20.6. The van der Waals surface area contributed by atoms with Crippen molar-refractivity contribution in [3.05, 3.63) is 0 Å². The van der Waals surface area contributed by atoms with Crippen LogP contribution in [0.5, 0.6) is 0 Å². The Hall–Kier alpha value is -1.10. The van der Waals surface area contributed by atoms with Gasteiger partial charge in [-0.25, -0.2) is 10.6 Å². The normalized spacial score (nSPS) is 12.3. The van der Waals surface area contributed by atoms with E-state index in [-0.39, 0.29) is 0 Å². The number of aliphatic carboxylic acids is 1. The average Bonchev–Trinajstić information content (AvgIpc) is 1.84. The molecule has 0 aliphatic rings. The van der Waals surface area contributed by atoms with Crippen LogP contribution in [0.4, 0.5) is 0 Å². The zero-order valence-corrected chi connectivity index (χ0v) is 5.87. The molecule has 10 heavy (non-hydrogen) atoms. The first-order valence-corrected chi connectivity index (χ1v) is 2.74. The molecule has 58 valence electrons. The second kappa shape index (κ2) is 3.17. The second-order valence-corrected chi connectivity index (χ2v) is 1.94. The molecule has 0 rings (SSSR count).